The molecule has 1 spiro atoms. The summed E-state index contributed by atoms with van der Waals surface area (Å²) in [5, 5.41) is 15.2. The first kappa shape index (κ1) is 26.8. The molecule has 3 heterocycles. The Morgan fingerprint density at radius 3 is 2.37 bits per heavy atom. The number of nitrogens with one attached hydrogen (secondary N) is 1. The van der Waals surface area contributed by atoms with Crippen molar-refractivity contribution in [2.75, 3.05) is 6.54 Å². The number of tetrazole rings is 1. The van der Waals surface area contributed by atoms with Crippen molar-refractivity contribution in [3.63, 3.8) is 0 Å². The van der Waals surface area contributed by atoms with Crippen LogP contribution in [0.15, 0.2) is 66.7 Å². The molecule has 1 saturated carbocycles. The van der Waals surface area contributed by atoms with Gasteiger partial charge in [0.2, 0.25) is 0 Å². The minimum absolute atomic E-state index is 0.115. The zero-order chi connectivity index (χ0) is 29.3. The number of fused-ring (bicyclic) bond motifs is 5. The monoisotopic (exact) mass is 610 g/mol. The molecular weight excluding hydrogens is 583 g/mol. The number of hydrogen-bond acceptors (Lipinski definition) is 6. The zero-order valence-corrected chi connectivity index (χ0v) is 24.8. The number of halogens is 2. The number of aromatic amines is 1. The smallest absolute Gasteiger partial charge is 0.197 e. The lowest BCUT2D eigenvalue weighted by atomic mass is 9.78. The molecule has 216 valence electrons. The Bertz CT molecular complexity index is 1890. The van der Waals surface area contributed by atoms with Crippen LogP contribution < -0.4 is 0 Å². The van der Waals surface area contributed by atoms with E-state index < -0.39 is 11.6 Å². The molecule has 2 aromatic heterocycles. The molecule has 0 saturated heterocycles. The predicted molar refractivity (Wildman–Crippen MR) is 164 cm³/mol. The number of carbonyl (C=O) groups excluding carboxylic acids is 2. The molecule has 8 rings (SSSR count). The highest BCUT2D eigenvalue weighted by Crippen LogP contribution is 2.52. The van der Waals surface area contributed by atoms with Gasteiger partial charge in [0, 0.05) is 38.6 Å². The Kier molecular flexibility index (Phi) is 6.29. The molecule has 8 nitrogen and oxygen atoms in total. The number of aromatic nitrogens is 5. The van der Waals surface area contributed by atoms with Crippen molar-refractivity contribution in [2.45, 2.75) is 56.1 Å². The summed E-state index contributed by atoms with van der Waals surface area (Å²) in [7, 11) is 0. The second-order valence-corrected chi connectivity index (χ2v) is 12.6. The minimum Gasteiger partial charge on any atom is -0.356 e. The molecule has 1 N–H and O–H groups in total. The third-order valence-electron chi connectivity index (χ3n) is 9.53. The van der Waals surface area contributed by atoms with Crippen molar-refractivity contribution < 1.29 is 9.59 Å². The highest BCUT2D eigenvalue weighted by atomic mass is 35.5. The Morgan fingerprint density at radius 2 is 1.63 bits per heavy atom. The van der Waals surface area contributed by atoms with Crippen LogP contribution in [0.5, 0.6) is 0 Å². The number of rotatable bonds is 4. The molecule has 0 radical (unpaired) electrons. The Hall–Kier alpha value is -3.85. The first-order valence-electron chi connectivity index (χ1n) is 14.8. The van der Waals surface area contributed by atoms with Crippen LogP contribution in [-0.2, 0) is 12.0 Å². The maximum atomic E-state index is 14.9. The average Bonchev–Trinajstić information content (AvgIpc) is 3.72. The van der Waals surface area contributed by atoms with Crippen molar-refractivity contribution in [1.29, 1.82) is 0 Å². The second-order valence-electron chi connectivity index (χ2n) is 11.7. The minimum atomic E-state index is -1.66. The van der Waals surface area contributed by atoms with Crippen molar-refractivity contribution in [3.8, 4) is 0 Å². The molecule has 5 aromatic rings. The molecule has 43 heavy (non-hydrogen) atoms. The highest BCUT2D eigenvalue weighted by Gasteiger charge is 2.63. The number of hydrogen-bond donors (Lipinski definition) is 1. The number of H-pyrrole nitrogens is 1. The van der Waals surface area contributed by atoms with E-state index in [-0.39, 0.29) is 17.6 Å². The van der Waals surface area contributed by atoms with Gasteiger partial charge >= 0.3 is 0 Å². The van der Waals surface area contributed by atoms with E-state index in [9.17, 15) is 9.59 Å². The van der Waals surface area contributed by atoms with Gasteiger partial charge in [-0.15, -0.1) is 5.10 Å². The fraction of sp³-hybridized carbons (Fsp3) is 0.303. The fourth-order valence-electron chi connectivity index (χ4n) is 7.63. The van der Waals surface area contributed by atoms with Crippen LogP contribution in [0.1, 0.15) is 87.5 Å². The standard InChI is InChI=1S/C33H28Cl2N6O2/c34-19-14-15-25(26(35)18-19)28(32-37-38-39-41(32)20-8-2-1-3-9-20)40-17-16-22-21-10-6-7-13-27(21)36-29(22)33(40)30(42)23-11-4-5-12-24(23)31(33)43/h4-7,10-15,18,20,28,36H,1-3,8-9,16-17H2. The first-order valence-corrected chi connectivity index (χ1v) is 15.5. The fourth-order valence-corrected chi connectivity index (χ4v) is 8.14. The molecule has 0 amide bonds. The maximum Gasteiger partial charge on any atom is 0.197 e. The molecule has 1 aliphatic heterocycles. The van der Waals surface area contributed by atoms with E-state index in [0.717, 1.165) is 42.1 Å². The van der Waals surface area contributed by atoms with Crippen LogP contribution in [0.3, 0.4) is 0 Å². The zero-order valence-electron chi connectivity index (χ0n) is 23.3. The van der Waals surface area contributed by atoms with E-state index in [1.165, 1.54) is 6.42 Å². The van der Waals surface area contributed by atoms with Gasteiger partial charge in [0.15, 0.2) is 22.9 Å². The maximum absolute atomic E-state index is 14.9. The van der Waals surface area contributed by atoms with Gasteiger partial charge < -0.3 is 4.98 Å². The van der Waals surface area contributed by atoms with Crippen molar-refractivity contribution in [2.24, 2.45) is 0 Å². The van der Waals surface area contributed by atoms with E-state index in [2.05, 4.69) is 20.5 Å². The van der Waals surface area contributed by atoms with Crippen LogP contribution in [0.25, 0.3) is 10.9 Å². The van der Waals surface area contributed by atoms with Crippen LogP contribution in [0.2, 0.25) is 10.0 Å². The van der Waals surface area contributed by atoms with Crippen molar-refractivity contribution in [1.82, 2.24) is 30.1 Å². The summed E-state index contributed by atoms with van der Waals surface area (Å²) in [6, 6.07) is 19.8. The third kappa shape index (κ3) is 3.83. The lowest BCUT2D eigenvalue weighted by Crippen LogP contribution is -2.59. The first-order chi connectivity index (χ1) is 21.0. The average molecular weight is 612 g/mol. The summed E-state index contributed by atoms with van der Waals surface area (Å²) in [5.41, 5.74) is 2.33. The summed E-state index contributed by atoms with van der Waals surface area (Å²) >= 11 is 13.3. The van der Waals surface area contributed by atoms with E-state index in [4.69, 9.17) is 23.2 Å². The summed E-state index contributed by atoms with van der Waals surface area (Å²) in [6.45, 7) is 0.404. The van der Waals surface area contributed by atoms with E-state index in [0.29, 0.717) is 51.2 Å². The number of carbonyl (C=O) groups is 2. The van der Waals surface area contributed by atoms with Crippen LogP contribution in [0.4, 0.5) is 0 Å². The van der Waals surface area contributed by atoms with Gasteiger partial charge in [-0.1, -0.05) is 91.0 Å². The number of ketones is 2. The van der Waals surface area contributed by atoms with Gasteiger partial charge in [-0.2, -0.15) is 0 Å². The summed E-state index contributed by atoms with van der Waals surface area (Å²) in [4.78, 5) is 35.3. The number of nitrogens with zero attached hydrogens (tertiary/aromatic N) is 5. The van der Waals surface area contributed by atoms with E-state index in [1.54, 1.807) is 36.4 Å². The van der Waals surface area contributed by atoms with Gasteiger partial charge in [-0.3, -0.25) is 14.5 Å². The van der Waals surface area contributed by atoms with Gasteiger partial charge in [0.1, 0.15) is 6.04 Å². The molecule has 1 unspecified atom stereocenters. The largest absolute Gasteiger partial charge is 0.356 e. The van der Waals surface area contributed by atoms with Gasteiger partial charge in [-0.25, -0.2) is 4.68 Å². The normalized spacial score (nSPS) is 19.2. The van der Waals surface area contributed by atoms with Gasteiger partial charge in [-0.05, 0) is 59.0 Å². The molecule has 2 aliphatic carbocycles. The molecule has 3 aromatic carbocycles. The summed E-state index contributed by atoms with van der Waals surface area (Å²) in [5.74, 6) is 0.0476. The van der Waals surface area contributed by atoms with Gasteiger partial charge in [0.25, 0.3) is 0 Å². The molecular formula is C33H28Cl2N6O2. The lowest BCUT2D eigenvalue weighted by molar-refractivity contribution is 0.0314. The van der Waals surface area contributed by atoms with Crippen LogP contribution >= 0.6 is 23.2 Å². The lowest BCUT2D eigenvalue weighted by Gasteiger charge is -2.46. The van der Waals surface area contributed by atoms with E-state index >= 15 is 0 Å². The molecule has 1 fully saturated rings. The summed E-state index contributed by atoms with van der Waals surface area (Å²) in [6.07, 6.45) is 5.90. The van der Waals surface area contributed by atoms with Crippen LogP contribution in [-0.4, -0.2) is 48.2 Å². The van der Waals surface area contributed by atoms with Crippen molar-refractivity contribution >= 4 is 45.7 Å². The number of benzene rings is 3. The molecule has 10 heteroatoms. The highest BCUT2D eigenvalue weighted by molar-refractivity contribution is 6.35. The quantitative estimate of drug-likeness (QED) is 0.223. The Morgan fingerprint density at radius 1 is 0.907 bits per heavy atom. The Labute approximate surface area is 258 Å². The van der Waals surface area contributed by atoms with Gasteiger partial charge in [0.05, 0.1) is 11.7 Å². The molecule has 0 bridgehead atoms. The summed E-state index contributed by atoms with van der Waals surface area (Å²) < 4.78 is 1.90. The van der Waals surface area contributed by atoms with Crippen LogP contribution in [0, 0.1) is 0 Å². The number of para-hydroxylation sites is 1. The SMILES string of the molecule is O=C1c2ccccc2C(=O)C12c1[nH]c3ccccc3c1CCN2C(c1ccc(Cl)cc1Cl)c1nnnn1C1CCCCC1. The second kappa shape index (κ2) is 10.1. The Balaban J connectivity index is 1.41. The third-order valence-corrected chi connectivity index (χ3v) is 10.1. The van der Waals surface area contributed by atoms with E-state index in [1.807, 2.05) is 39.9 Å². The molecule has 3 aliphatic rings. The topological polar surface area (TPSA) is 96.8 Å². The number of Topliss-reactive ketones (excluding diaryl/α,β-unsaturated/α-hetero) is 2. The molecule has 1 atom stereocenters. The predicted octanol–water partition coefficient (Wildman–Crippen LogP) is 6.89. The van der Waals surface area contributed by atoms with Crippen molar-refractivity contribution in [3.05, 3.63) is 111 Å².